The summed E-state index contributed by atoms with van der Waals surface area (Å²) >= 11 is 1.95. The molecule has 1 nitrogen and oxygen atoms in total. The first-order valence-corrected chi connectivity index (χ1v) is 14.9. The molecule has 0 aliphatic rings. The van der Waals surface area contributed by atoms with Gasteiger partial charge in [-0.05, 0) is 102 Å². The lowest BCUT2D eigenvalue weighted by Gasteiger charge is -2.21. The predicted molar refractivity (Wildman–Crippen MR) is 164 cm³/mol. The third-order valence-electron chi connectivity index (χ3n) is 6.43. The molecular formula is C34H49NS. The molecule has 0 fully saturated rings. The van der Waals surface area contributed by atoms with Crippen molar-refractivity contribution >= 4 is 11.8 Å². The number of nitrogens with zero attached hydrogens (tertiary/aromatic N) is 1. The summed E-state index contributed by atoms with van der Waals surface area (Å²) in [6, 6.07) is 18.1. The molecule has 196 valence electrons. The largest absolute Gasteiger partial charge is 0.299 e. The number of hydrogen-bond acceptors (Lipinski definition) is 2. The Morgan fingerprint density at radius 1 is 0.750 bits per heavy atom. The summed E-state index contributed by atoms with van der Waals surface area (Å²) in [5.41, 5.74) is 8.48. The lowest BCUT2D eigenvalue weighted by atomic mass is 10.0. The Morgan fingerprint density at radius 2 is 1.36 bits per heavy atom. The average molecular weight is 504 g/mol. The smallest absolute Gasteiger partial charge is 0.0233 e. The van der Waals surface area contributed by atoms with Crippen LogP contribution >= 0.6 is 11.8 Å². The van der Waals surface area contributed by atoms with Crippen LogP contribution in [-0.4, -0.2) is 23.7 Å². The zero-order valence-corrected chi connectivity index (χ0v) is 24.6. The Kier molecular flexibility index (Phi) is 14.6. The average Bonchev–Trinajstić information content (AvgIpc) is 2.85. The van der Waals surface area contributed by atoms with Gasteiger partial charge in [-0.1, -0.05) is 91.3 Å². The number of hydrogen-bond donors (Lipinski definition) is 0. The Hall–Kier alpha value is -2.03. The van der Waals surface area contributed by atoms with Gasteiger partial charge in [-0.3, -0.25) is 4.90 Å². The van der Waals surface area contributed by atoms with Crippen molar-refractivity contribution in [3.63, 3.8) is 0 Å². The molecular weight excluding hydrogens is 454 g/mol. The van der Waals surface area contributed by atoms with Gasteiger partial charge in [0.1, 0.15) is 0 Å². The standard InChI is InChI=1S/C34H49NS/c1-7-24-35(25-8-2)27-31-19-21-32(22-20-31)33-17-9-10-18-34(33)36-26-23-30(6)16-12-15-29(5)14-11-13-28(3)4/h9-10,13,15,17-23H,7-8,11-12,14,16,24-27H2,1-6H3/b29-15+,30-23+. The summed E-state index contributed by atoms with van der Waals surface area (Å²) < 4.78 is 0. The van der Waals surface area contributed by atoms with E-state index in [1.165, 1.54) is 70.7 Å². The van der Waals surface area contributed by atoms with E-state index in [0.717, 1.165) is 31.6 Å². The molecule has 36 heavy (non-hydrogen) atoms. The highest BCUT2D eigenvalue weighted by Crippen LogP contribution is 2.32. The van der Waals surface area contributed by atoms with Crippen molar-refractivity contribution in [2.24, 2.45) is 0 Å². The van der Waals surface area contributed by atoms with Crippen molar-refractivity contribution in [1.82, 2.24) is 4.90 Å². The van der Waals surface area contributed by atoms with Crippen LogP contribution in [0.4, 0.5) is 0 Å². The van der Waals surface area contributed by atoms with Gasteiger partial charge in [-0.25, -0.2) is 0 Å². The van der Waals surface area contributed by atoms with Crippen LogP contribution in [0.25, 0.3) is 11.1 Å². The van der Waals surface area contributed by atoms with E-state index in [-0.39, 0.29) is 0 Å². The highest BCUT2D eigenvalue weighted by Gasteiger charge is 2.07. The molecule has 2 heteroatoms. The van der Waals surface area contributed by atoms with Crippen LogP contribution in [0.1, 0.15) is 85.6 Å². The minimum absolute atomic E-state index is 1.02. The predicted octanol–water partition coefficient (Wildman–Crippen LogP) is 10.5. The van der Waals surface area contributed by atoms with Crippen LogP contribution in [0.15, 0.2) is 88.4 Å². The van der Waals surface area contributed by atoms with Gasteiger partial charge in [0.25, 0.3) is 0 Å². The first-order chi connectivity index (χ1) is 17.4. The highest BCUT2D eigenvalue weighted by atomic mass is 32.2. The van der Waals surface area contributed by atoms with Crippen molar-refractivity contribution in [3.8, 4) is 11.1 Å². The molecule has 0 aliphatic carbocycles. The third kappa shape index (κ3) is 11.8. The van der Waals surface area contributed by atoms with E-state index in [1.807, 2.05) is 11.8 Å². The molecule has 0 radical (unpaired) electrons. The lowest BCUT2D eigenvalue weighted by molar-refractivity contribution is 0.266. The van der Waals surface area contributed by atoms with Gasteiger partial charge in [-0.15, -0.1) is 11.8 Å². The van der Waals surface area contributed by atoms with Gasteiger partial charge >= 0.3 is 0 Å². The van der Waals surface area contributed by atoms with Crippen LogP contribution in [-0.2, 0) is 6.54 Å². The van der Waals surface area contributed by atoms with Crippen molar-refractivity contribution < 1.29 is 0 Å². The fraction of sp³-hybridized carbons (Fsp3) is 0.471. The van der Waals surface area contributed by atoms with Crippen LogP contribution in [0.5, 0.6) is 0 Å². The van der Waals surface area contributed by atoms with Gasteiger partial charge in [0.15, 0.2) is 0 Å². The molecule has 2 aromatic carbocycles. The molecule has 2 rings (SSSR count). The normalized spacial score (nSPS) is 12.3. The summed E-state index contributed by atoms with van der Waals surface area (Å²) in [7, 11) is 0. The van der Waals surface area contributed by atoms with Crippen molar-refractivity contribution in [1.29, 1.82) is 0 Å². The van der Waals surface area contributed by atoms with E-state index < -0.39 is 0 Å². The summed E-state index contributed by atoms with van der Waals surface area (Å²) in [5.74, 6) is 1.02. The molecule has 0 unspecified atom stereocenters. The van der Waals surface area contributed by atoms with Crippen molar-refractivity contribution in [3.05, 3.63) is 89.0 Å². The molecule has 0 spiro atoms. The van der Waals surface area contributed by atoms with Gasteiger partial charge in [0.2, 0.25) is 0 Å². The fourth-order valence-corrected chi connectivity index (χ4v) is 5.46. The number of allylic oxidation sites excluding steroid dienone is 5. The Bertz CT molecular complexity index is 970. The van der Waals surface area contributed by atoms with Crippen LogP contribution in [0.3, 0.4) is 0 Å². The summed E-state index contributed by atoms with van der Waals surface area (Å²) in [6.45, 7) is 16.8. The van der Waals surface area contributed by atoms with Gasteiger partial charge in [0.05, 0.1) is 0 Å². The quantitative estimate of drug-likeness (QED) is 0.165. The van der Waals surface area contributed by atoms with Gasteiger partial charge in [0, 0.05) is 17.2 Å². The van der Waals surface area contributed by atoms with E-state index in [0.29, 0.717) is 0 Å². The lowest BCUT2D eigenvalue weighted by Crippen LogP contribution is -2.24. The van der Waals surface area contributed by atoms with E-state index in [9.17, 15) is 0 Å². The highest BCUT2D eigenvalue weighted by molar-refractivity contribution is 7.99. The van der Waals surface area contributed by atoms with Crippen LogP contribution in [0, 0.1) is 0 Å². The minimum Gasteiger partial charge on any atom is -0.299 e. The molecule has 0 atom stereocenters. The van der Waals surface area contributed by atoms with Gasteiger partial charge in [-0.2, -0.15) is 0 Å². The number of benzene rings is 2. The second-order valence-electron chi connectivity index (χ2n) is 10.2. The zero-order chi connectivity index (χ0) is 26.2. The third-order valence-corrected chi connectivity index (χ3v) is 7.43. The van der Waals surface area contributed by atoms with E-state index in [2.05, 4.69) is 113 Å². The number of rotatable bonds is 16. The molecule has 0 N–H and O–H groups in total. The maximum Gasteiger partial charge on any atom is 0.0233 e. The van der Waals surface area contributed by atoms with Crippen molar-refractivity contribution in [2.45, 2.75) is 91.5 Å². The molecule has 2 aromatic rings. The first-order valence-electron chi connectivity index (χ1n) is 13.9. The van der Waals surface area contributed by atoms with Crippen molar-refractivity contribution in [2.75, 3.05) is 18.8 Å². The van der Waals surface area contributed by atoms with E-state index >= 15 is 0 Å². The molecule has 0 aliphatic heterocycles. The van der Waals surface area contributed by atoms with Crippen LogP contribution < -0.4 is 0 Å². The Morgan fingerprint density at radius 3 is 2.00 bits per heavy atom. The molecule has 0 bridgehead atoms. The fourth-order valence-electron chi connectivity index (χ4n) is 4.39. The molecule has 0 heterocycles. The first kappa shape index (κ1) is 30.2. The SMILES string of the molecule is CCCN(CCC)Cc1ccc(-c2ccccc2SC/C=C(\C)CC/C=C(\C)CCC=C(C)C)cc1. The summed E-state index contributed by atoms with van der Waals surface area (Å²) in [6.07, 6.45) is 14.2. The molecule has 0 amide bonds. The summed E-state index contributed by atoms with van der Waals surface area (Å²) in [4.78, 5) is 3.93. The summed E-state index contributed by atoms with van der Waals surface area (Å²) in [5, 5.41) is 0. The van der Waals surface area contributed by atoms with E-state index in [4.69, 9.17) is 0 Å². The van der Waals surface area contributed by atoms with E-state index in [1.54, 1.807) is 0 Å². The molecule has 0 saturated carbocycles. The van der Waals surface area contributed by atoms with Crippen LogP contribution in [0.2, 0.25) is 0 Å². The monoisotopic (exact) mass is 503 g/mol. The minimum atomic E-state index is 1.02. The molecule has 0 saturated heterocycles. The second kappa shape index (κ2) is 17.4. The van der Waals surface area contributed by atoms with Gasteiger partial charge < -0.3 is 0 Å². The maximum atomic E-state index is 2.56. The number of thioether (sulfide) groups is 1. The Labute approximate surface area is 226 Å². The Balaban J connectivity index is 1.91. The topological polar surface area (TPSA) is 3.24 Å². The maximum absolute atomic E-state index is 2.56. The second-order valence-corrected chi connectivity index (χ2v) is 11.3. The zero-order valence-electron chi connectivity index (χ0n) is 23.8. The molecule has 0 aromatic heterocycles.